The van der Waals surface area contributed by atoms with Gasteiger partial charge in [0.05, 0.1) is 18.1 Å². The molecule has 1 aromatic heterocycles. The fourth-order valence-corrected chi connectivity index (χ4v) is 2.58. The van der Waals surface area contributed by atoms with E-state index >= 15 is 0 Å². The number of alkyl halides is 1. The van der Waals surface area contributed by atoms with Gasteiger partial charge < -0.3 is 0 Å². The normalized spacial score (nSPS) is 15.0. The molecule has 0 unspecified atom stereocenters. The van der Waals surface area contributed by atoms with E-state index in [0.717, 1.165) is 16.3 Å². The summed E-state index contributed by atoms with van der Waals surface area (Å²) >= 11 is 11.9. The van der Waals surface area contributed by atoms with Crippen molar-refractivity contribution in [3.63, 3.8) is 0 Å². The van der Waals surface area contributed by atoms with E-state index in [1.807, 2.05) is 28.9 Å². The van der Waals surface area contributed by atoms with Gasteiger partial charge in [0.25, 0.3) is 0 Å². The first kappa shape index (κ1) is 12.0. The average Bonchev–Trinajstić information content (AvgIpc) is 3.11. The lowest BCUT2D eigenvalue weighted by atomic mass is 10.2. The van der Waals surface area contributed by atoms with E-state index < -0.39 is 0 Å². The van der Waals surface area contributed by atoms with Crippen LogP contribution in [0.4, 0.5) is 0 Å². The zero-order chi connectivity index (χ0) is 12.5. The summed E-state index contributed by atoms with van der Waals surface area (Å²) in [6, 6.07) is 7.83. The number of nitrogens with zero attached hydrogens (tertiary/aromatic N) is 3. The molecule has 3 rings (SSSR count). The molecule has 0 amide bonds. The fourth-order valence-electron chi connectivity index (χ4n) is 2.18. The van der Waals surface area contributed by atoms with Crippen molar-refractivity contribution < 1.29 is 0 Å². The molecule has 0 N–H and O–H groups in total. The molecule has 0 aliphatic heterocycles. The second-order valence-corrected chi connectivity index (χ2v) is 5.32. The lowest BCUT2D eigenvalue weighted by Crippen LogP contribution is -2.06. The molecule has 0 bridgehead atoms. The minimum atomic E-state index is 0.432. The van der Waals surface area contributed by atoms with Crippen molar-refractivity contribution >= 4 is 23.2 Å². The lowest BCUT2D eigenvalue weighted by Gasteiger charge is -2.06. The van der Waals surface area contributed by atoms with E-state index in [1.54, 1.807) is 0 Å². The zero-order valence-electron chi connectivity index (χ0n) is 9.81. The van der Waals surface area contributed by atoms with Gasteiger partial charge in [-0.3, -0.25) is 0 Å². The van der Waals surface area contributed by atoms with Gasteiger partial charge in [0.15, 0.2) is 0 Å². The van der Waals surface area contributed by atoms with Crippen molar-refractivity contribution in [3.8, 4) is 0 Å². The summed E-state index contributed by atoms with van der Waals surface area (Å²) in [5, 5.41) is 9.12. The molecule has 1 fully saturated rings. The summed E-state index contributed by atoms with van der Waals surface area (Å²) < 4.78 is 1.96. The van der Waals surface area contributed by atoms with Gasteiger partial charge in [-0.25, -0.2) is 4.68 Å². The molecule has 3 nitrogen and oxygen atoms in total. The molecule has 0 atom stereocenters. The van der Waals surface area contributed by atoms with Crippen LogP contribution in [0.25, 0.3) is 0 Å². The third-order valence-corrected chi connectivity index (χ3v) is 3.65. The maximum Gasteiger partial charge on any atom is 0.101 e. The molecule has 1 heterocycles. The number of benzene rings is 1. The van der Waals surface area contributed by atoms with Crippen molar-refractivity contribution in [2.75, 3.05) is 0 Å². The predicted octanol–water partition coefficient (Wildman–Crippen LogP) is 3.60. The van der Waals surface area contributed by atoms with Gasteiger partial charge in [0.2, 0.25) is 0 Å². The van der Waals surface area contributed by atoms with Crippen molar-refractivity contribution in [2.24, 2.45) is 0 Å². The minimum Gasteiger partial charge on any atom is -0.244 e. The Balaban J connectivity index is 1.90. The Morgan fingerprint density at radius 2 is 2.17 bits per heavy atom. The molecule has 1 aliphatic rings. The van der Waals surface area contributed by atoms with Crippen LogP contribution in [-0.2, 0) is 12.4 Å². The second kappa shape index (κ2) is 4.90. The summed E-state index contributed by atoms with van der Waals surface area (Å²) in [6.45, 7) is 0.705. The Morgan fingerprint density at radius 3 is 2.83 bits per heavy atom. The molecule has 18 heavy (non-hydrogen) atoms. The Kier molecular flexibility index (Phi) is 3.27. The smallest absolute Gasteiger partial charge is 0.101 e. The van der Waals surface area contributed by atoms with Crippen molar-refractivity contribution in [2.45, 2.75) is 31.2 Å². The Bertz CT molecular complexity index is 561. The second-order valence-electron chi connectivity index (χ2n) is 4.62. The Morgan fingerprint density at radius 1 is 1.33 bits per heavy atom. The zero-order valence-corrected chi connectivity index (χ0v) is 11.3. The third kappa shape index (κ3) is 2.38. The monoisotopic (exact) mass is 281 g/mol. The van der Waals surface area contributed by atoms with Gasteiger partial charge in [0.1, 0.15) is 5.69 Å². The molecule has 94 valence electrons. The van der Waals surface area contributed by atoms with E-state index in [-0.39, 0.29) is 0 Å². The molecule has 1 aromatic carbocycles. The van der Waals surface area contributed by atoms with Crippen LogP contribution < -0.4 is 0 Å². The van der Waals surface area contributed by atoms with E-state index in [4.69, 9.17) is 23.2 Å². The summed E-state index contributed by atoms with van der Waals surface area (Å²) in [7, 11) is 0. The number of rotatable bonds is 4. The molecule has 1 aliphatic carbocycles. The largest absolute Gasteiger partial charge is 0.244 e. The highest BCUT2D eigenvalue weighted by Gasteiger charge is 2.30. The summed E-state index contributed by atoms with van der Waals surface area (Å²) in [4.78, 5) is 0. The highest BCUT2D eigenvalue weighted by molar-refractivity contribution is 6.30. The number of hydrogen-bond acceptors (Lipinski definition) is 2. The van der Waals surface area contributed by atoms with Gasteiger partial charge in [-0.05, 0) is 30.5 Å². The number of halogens is 2. The molecule has 2 aromatic rings. The van der Waals surface area contributed by atoms with Crippen LogP contribution in [0.3, 0.4) is 0 Å². The standard InChI is InChI=1S/C13H13Cl2N3/c14-7-12-13(10-4-5-10)18(17-16-12)8-9-2-1-3-11(15)6-9/h1-3,6,10H,4-5,7-8H2. The van der Waals surface area contributed by atoms with Crippen LogP contribution in [0.1, 0.15) is 35.7 Å². The molecule has 0 radical (unpaired) electrons. The Labute approximate surface area is 116 Å². The van der Waals surface area contributed by atoms with Crippen molar-refractivity contribution in [1.29, 1.82) is 0 Å². The van der Waals surface area contributed by atoms with Crippen LogP contribution in [0, 0.1) is 0 Å². The van der Waals surface area contributed by atoms with Gasteiger partial charge in [0, 0.05) is 10.9 Å². The number of aromatic nitrogens is 3. The van der Waals surface area contributed by atoms with Gasteiger partial charge in [-0.15, -0.1) is 16.7 Å². The van der Waals surface area contributed by atoms with Gasteiger partial charge in [-0.1, -0.05) is 28.9 Å². The summed E-state index contributed by atoms with van der Waals surface area (Å²) in [5.41, 5.74) is 3.25. The molecule has 0 saturated heterocycles. The molecule has 5 heteroatoms. The van der Waals surface area contributed by atoms with Crippen LogP contribution in [-0.4, -0.2) is 15.0 Å². The average molecular weight is 282 g/mol. The maximum atomic E-state index is 5.99. The van der Waals surface area contributed by atoms with Crippen molar-refractivity contribution in [3.05, 3.63) is 46.2 Å². The van der Waals surface area contributed by atoms with E-state index in [0.29, 0.717) is 18.3 Å². The first-order chi connectivity index (χ1) is 8.78. The molecular weight excluding hydrogens is 269 g/mol. The summed E-state index contributed by atoms with van der Waals surface area (Å²) in [6.07, 6.45) is 2.43. The lowest BCUT2D eigenvalue weighted by molar-refractivity contribution is 0.619. The van der Waals surface area contributed by atoms with Gasteiger partial charge >= 0.3 is 0 Å². The minimum absolute atomic E-state index is 0.432. The first-order valence-electron chi connectivity index (χ1n) is 6.00. The van der Waals surface area contributed by atoms with E-state index in [2.05, 4.69) is 10.3 Å². The van der Waals surface area contributed by atoms with Crippen LogP contribution in [0.2, 0.25) is 5.02 Å². The van der Waals surface area contributed by atoms with Gasteiger partial charge in [-0.2, -0.15) is 0 Å². The van der Waals surface area contributed by atoms with Crippen LogP contribution in [0.5, 0.6) is 0 Å². The third-order valence-electron chi connectivity index (χ3n) is 3.16. The number of hydrogen-bond donors (Lipinski definition) is 0. The quantitative estimate of drug-likeness (QED) is 0.802. The topological polar surface area (TPSA) is 30.7 Å². The van der Waals surface area contributed by atoms with Crippen molar-refractivity contribution in [1.82, 2.24) is 15.0 Å². The fraction of sp³-hybridized carbons (Fsp3) is 0.385. The molecule has 1 saturated carbocycles. The summed E-state index contributed by atoms with van der Waals surface area (Å²) in [5.74, 6) is 1.02. The predicted molar refractivity (Wildman–Crippen MR) is 72.1 cm³/mol. The van der Waals surface area contributed by atoms with E-state index in [1.165, 1.54) is 18.5 Å². The highest BCUT2D eigenvalue weighted by Crippen LogP contribution is 2.41. The highest BCUT2D eigenvalue weighted by atomic mass is 35.5. The first-order valence-corrected chi connectivity index (χ1v) is 6.92. The maximum absolute atomic E-state index is 5.99. The molecule has 0 spiro atoms. The molecular formula is C13H13Cl2N3. The Hall–Kier alpha value is -1.06. The van der Waals surface area contributed by atoms with Crippen LogP contribution in [0.15, 0.2) is 24.3 Å². The van der Waals surface area contributed by atoms with Crippen LogP contribution >= 0.6 is 23.2 Å². The SMILES string of the molecule is ClCc1nnn(Cc2cccc(Cl)c2)c1C1CC1. The van der Waals surface area contributed by atoms with E-state index in [9.17, 15) is 0 Å².